The second kappa shape index (κ2) is 15.6. The molecule has 0 aromatic carbocycles. The van der Waals surface area contributed by atoms with Gasteiger partial charge in [0.25, 0.3) is 5.79 Å². The van der Waals surface area contributed by atoms with Gasteiger partial charge in [-0.25, -0.2) is 4.79 Å². The van der Waals surface area contributed by atoms with Crippen LogP contribution in [0.15, 0.2) is 0 Å². The molecule has 0 aromatic heterocycles. The highest BCUT2D eigenvalue weighted by Gasteiger charge is 2.55. The van der Waals surface area contributed by atoms with Crippen molar-refractivity contribution in [2.24, 2.45) is 0 Å². The molecule has 1 amide bonds. The number of ether oxygens (including phenoxy) is 2. The third-order valence-electron chi connectivity index (χ3n) is 6.02. The molecule has 1 rings (SSSR count). The average Bonchev–Trinajstić information content (AvgIpc) is 2.77. The summed E-state index contributed by atoms with van der Waals surface area (Å²) >= 11 is 0. The summed E-state index contributed by atoms with van der Waals surface area (Å²) < 4.78 is 11.2. The quantitative estimate of drug-likeness (QED) is 0.168. The number of aliphatic carboxylic acids is 1. The molecule has 0 aromatic rings. The van der Waals surface area contributed by atoms with E-state index in [-0.39, 0.29) is 6.61 Å². The molecule has 0 unspecified atom stereocenters. The van der Waals surface area contributed by atoms with E-state index >= 15 is 0 Å². The molecule has 0 spiro atoms. The predicted octanol–water partition coefficient (Wildman–Crippen LogP) is 1.07. The van der Waals surface area contributed by atoms with Crippen LogP contribution in [0.2, 0.25) is 0 Å². The Morgan fingerprint density at radius 3 is 2.09 bits per heavy atom. The molecule has 1 saturated heterocycles. The zero-order chi connectivity index (χ0) is 24.9. The van der Waals surface area contributed by atoms with Crippen molar-refractivity contribution in [1.29, 1.82) is 0 Å². The maximum Gasteiger partial charge on any atom is 0.364 e. The van der Waals surface area contributed by atoms with Crippen LogP contribution in [0.5, 0.6) is 0 Å². The smallest absolute Gasteiger partial charge is 0.364 e. The molecule has 194 valence electrons. The van der Waals surface area contributed by atoms with Crippen LogP contribution < -0.4 is 5.32 Å². The molecule has 1 aliphatic heterocycles. The topological polar surface area (TPSA) is 166 Å². The molecule has 10 heteroatoms. The van der Waals surface area contributed by atoms with E-state index in [1.54, 1.807) is 0 Å². The Kier molecular flexibility index (Phi) is 14.0. The Balaban J connectivity index is 2.63. The number of hydrogen-bond donors (Lipinski definition) is 6. The molecule has 1 aliphatic rings. The fourth-order valence-electron chi connectivity index (χ4n) is 4.10. The van der Waals surface area contributed by atoms with Gasteiger partial charge >= 0.3 is 5.97 Å². The number of aliphatic hydroxyl groups is 4. The lowest BCUT2D eigenvalue weighted by Crippen LogP contribution is -2.67. The summed E-state index contributed by atoms with van der Waals surface area (Å²) in [7, 11) is 0. The highest BCUT2D eigenvalue weighted by molar-refractivity contribution is 5.76. The Morgan fingerprint density at radius 2 is 1.61 bits per heavy atom. The summed E-state index contributed by atoms with van der Waals surface area (Å²) in [4.78, 5) is 23.6. The number of amides is 1. The number of carboxylic acid groups (broad SMARTS) is 1. The van der Waals surface area contributed by atoms with E-state index in [1.165, 1.54) is 45.4 Å². The standard InChI is InChI=1S/C23H43NO9/c1-3-4-5-6-7-8-9-10-11-12-13-32-23(22(30)31)14-17(27)19(24-16(2)26)21(33-23)20(29)18(28)15-25/h17-21,25,27-29H,3-15H2,1-2H3,(H,24,26)(H,30,31)/t17-,18+,19+,20+,21+,23+/m0/s1. The summed E-state index contributed by atoms with van der Waals surface area (Å²) in [5.41, 5.74) is 0. The van der Waals surface area contributed by atoms with Gasteiger partial charge in [0.2, 0.25) is 5.91 Å². The molecule has 0 radical (unpaired) electrons. The predicted molar refractivity (Wildman–Crippen MR) is 120 cm³/mol. The second-order valence-corrected chi connectivity index (χ2v) is 8.91. The van der Waals surface area contributed by atoms with Gasteiger partial charge in [0.1, 0.15) is 18.3 Å². The van der Waals surface area contributed by atoms with E-state index in [0.717, 1.165) is 19.3 Å². The SMILES string of the molecule is CCCCCCCCCCCCO[C@]1(C(=O)O)C[C@H](O)[C@@H](NC(C)=O)[C@H]([C@H](O)[C@H](O)CO)O1. The van der Waals surface area contributed by atoms with E-state index < -0.39 is 61.1 Å². The van der Waals surface area contributed by atoms with E-state index in [2.05, 4.69) is 12.2 Å². The minimum Gasteiger partial charge on any atom is -0.477 e. The lowest BCUT2D eigenvalue weighted by atomic mass is 9.88. The number of carbonyl (C=O) groups is 2. The number of rotatable bonds is 17. The van der Waals surface area contributed by atoms with Gasteiger partial charge < -0.3 is 40.3 Å². The summed E-state index contributed by atoms with van der Waals surface area (Å²) in [6, 6.07) is -1.19. The van der Waals surface area contributed by atoms with Crippen molar-refractivity contribution in [3.05, 3.63) is 0 Å². The molecule has 33 heavy (non-hydrogen) atoms. The highest BCUT2D eigenvalue weighted by atomic mass is 16.7. The van der Waals surface area contributed by atoms with Crippen LogP contribution in [0, 0.1) is 0 Å². The zero-order valence-corrected chi connectivity index (χ0v) is 19.9. The number of aliphatic hydroxyl groups excluding tert-OH is 4. The highest BCUT2D eigenvalue weighted by Crippen LogP contribution is 2.33. The van der Waals surface area contributed by atoms with Gasteiger partial charge in [-0.2, -0.15) is 0 Å². The van der Waals surface area contributed by atoms with E-state index in [1.807, 2.05) is 0 Å². The molecule has 0 aliphatic carbocycles. The molecular weight excluding hydrogens is 434 g/mol. The van der Waals surface area contributed by atoms with Crippen LogP contribution in [0.3, 0.4) is 0 Å². The Hall–Kier alpha value is -1.30. The van der Waals surface area contributed by atoms with Gasteiger partial charge in [0.15, 0.2) is 0 Å². The van der Waals surface area contributed by atoms with Crippen molar-refractivity contribution in [2.45, 2.75) is 121 Å². The number of carboxylic acids is 1. The lowest BCUT2D eigenvalue weighted by molar-refractivity contribution is -0.311. The van der Waals surface area contributed by atoms with Gasteiger partial charge in [-0.1, -0.05) is 64.7 Å². The Bertz CT molecular complexity index is 576. The molecule has 1 heterocycles. The van der Waals surface area contributed by atoms with Crippen molar-refractivity contribution >= 4 is 11.9 Å². The second-order valence-electron chi connectivity index (χ2n) is 8.91. The van der Waals surface area contributed by atoms with Gasteiger partial charge in [-0.05, 0) is 6.42 Å². The number of unbranched alkanes of at least 4 members (excludes halogenated alkanes) is 9. The number of hydrogen-bond acceptors (Lipinski definition) is 8. The number of carbonyl (C=O) groups excluding carboxylic acids is 1. The normalized spacial score (nSPS) is 27.2. The Labute approximate surface area is 196 Å². The third kappa shape index (κ3) is 9.84. The van der Waals surface area contributed by atoms with Crippen LogP contribution in [-0.2, 0) is 19.1 Å². The number of nitrogens with one attached hydrogen (secondary N) is 1. The van der Waals surface area contributed by atoms with Gasteiger partial charge in [0.05, 0.1) is 25.4 Å². The van der Waals surface area contributed by atoms with Gasteiger partial charge in [0, 0.05) is 13.3 Å². The van der Waals surface area contributed by atoms with Crippen LogP contribution in [0.4, 0.5) is 0 Å². The molecule has 6 N–H and O–H groups in total. The van der Waals surface area contributed by atoms with Crippen molar-refractivity contribution in [3.8, 4) is 0 Å². The summed E-state index contributed by atoms with van der Waals surface area (Å²) in [5.74, 6) is -4.26. The molecule has 1 fully saturated rings. The first-order chi connectivity index (χ1) is 15.7. The van der Waals surface area contributed by atoms with Crippen LogP contribution in [-0.4, -0.2) is 86.9 Å². The maximum absolute atomic E-state index is 12.0. The first kappa shape index (κ1) is 29.7. The van der Waals surface area contributed by atoms with Crippen molar-refractivity contribution in [3.63, 3.8) is 0 Å². The van der Waals surface area contributed by atoms with Crippen LogP contribution in [0.1, 0.15) is 84.5 Å². The van der Waals surface area contributed by atoms with Gasteiger partial charge in [-0.3, -0.25) is 4.79 Å². The summed E-state index contributed by atoms with van der Waals surface area (Å²) in [5, 5.41) is 52.1. The first-order valence-corrected chi connectivity index (χ1v) is 12.2. The van der Waals surface area contributed by atoms with E-state index in [4.69, 9.17) is 14.6 Å². The largest absolute Gasteiger partial charge is 0.477 e. The van der Waals surface area contributed by atoms with Crippen molar-refractivity contribution in [2.75, 3.05) is 13.2 Å². The molecule has 10 nitrogen and oxygen atoms in total. The first-order valence-electron chi connectivity index (χ1n) is 12.2. The van der Waals surface area contributed by atoms with E-state index in [0.29, 0.717) is 6.42 Å². The Morgan fingerprint density at radius 1 is 1.06 bits per heavy atom. The fourth-order valence-corrected chi connectivity index (χ4v) is 4.10. The molecule has 6 atom stereocenters. The summed E-state index contributed by atoms with van der Waals surface area (Å²) in [6.45, 7) is 2.65. The molecule has 0 saturated carbocycles. The fraction of sp³-hybridized carbons (Fsp3) is 0.913. The lowest BCUT2D eigenvalue weighted by Gasteiger charge is -2.46. The molecule has 0 bridgehead atoms. The van der Waals surface area contributed by atoms with Gasteiger partial charge in [-0.15, -0.1) is 0 Å². The minimum atomic E-state index is -2.24. The van der Waals surface area contributed by atoms with Crippen LogP contribution in [0.25, 0.3) is 0 Å². The average molecular weight is 478 g/mol. The van der Waals surface area contributed by atoms with Crippen molar-refractivity contribution < 1.29 is 44.6 Å². The van der Waals surface area contributed by atoms with Crippen molar-refractivity contribution in [1.82, 2.24) is 5.32 Å². The monoisotopic (exact) mass is 477 g/mol. The minimum absolute atomic E-state index is 0.0751. The zero-order valence-electron chi connectivity index (χ0n) is 19.9. The summed E-state index contributed by atoms with van der Waals surface area (Å²) in [6.07, 6.45) is 4.21. The van der Waals surface area contributed by atoms with E-state index in [9.17, 15) is 30.0 Å². The maximum atomic E-state index is 12.0. The third-order valence-corrected chi connectivity index (χ3v) is 6.02. The molecular formula is C23H43NO9. The van der Waals surface area contributed by atoms with Crippen LogP contribution >= 0.6 is 0 Å².